The number of rotatable bonds is 2. The highest BCUT2D eigenvalue weighted by Crippen LogP contribution is 2.19. The molecule has 5 heteroatoms. The Morgan fingerprint density at radius 2 is 2.43 bits per heavy atom. The van der Waals surface area contributed by atoms with Gasteiger partial charge in [-0.1, -0.05) is 0 Å². The van der Waals surface area contributed by atoms with Crippen molar-refractivity contribution in [2.45, 2.75) is 0 Å². The molecule has 1 amide bonds. The third kappa shape index (κ3) is 1.50. The van der Waals surface area contributed by atoms with Gasteiger partial charge in [-0.25, -0.2) is 4.98 Å². The van der Waals surface area contributed by atoms with Gasteiger partial charge >= 0.3 is 0 Å². The van der Waals surface area contributed by atoms with Gasteiger partial charge in [0.25, 0.3) is 5.91 Å². The summed E-state index contributed by atoms with van der Waals surface area (Å²) in [5, 5.41) is 0. The smallest absolute Gasteiger partial charge is 0.272 e. The Morgan fingerprint density at radius 1 is 1.71 bits per heavy atom. The molecule has 0 atom stereocenters. The molecule has 2 heterocycles. The number of nitrogens with zero attached hydrogens (tertiary/aromatic N) is 3. The summed E-state index contributed by atoms with van der Waals surface area (Å²) < 4.78 is 1.73. The monoisotopic (exact) mass is 213 g/mol. The maximum absolute atomic E-state index is 11.8. The van der Waals surface area contributed by atoms with Crippen LogP contribution >= 0.6 is 11.6 Å². The third-order valence-electron chi connectivity index (χ3n) is 2.50. The molecule has 14 heavy (non-hydrogen) atoms. The topological polar surface area (TPSA) is 38.1 Å². The summed E-state index contributed by atoms with van der Waals surface area (Å²) in [5.41, 5.74) is 0.637. The lowest BCUT2D eigenvalue weighted by Crippen LogP contribution is -2.51. The molecular weight excluding hydrogens is 202 g/mol. The molecular formula is C9H12ClN3O. The number of aromatic nitrogens is 2. The zero-order chi connectivity index (χ0) is 10.1. The lowest BCUT2D eigenvalue weighted by Gasteiger charge is -2.38. The largest absolute Gasteiger partial charge is 0.337 e. The van der Waals surface area contributed by atoms with Crippen LogP contribution in [0, 0.1) is 5.92 Å². The second-order valence-corrected chi connectivity index (χ2v) is 3.93. The average molecular weight is 214 g/mol. The fraction of sp³-hybridized carbons (Fsp3) is 0.556. The number of hydrogen-bond acceptors (Lipinski definition) is 2. The first kappa shape index (κ1) is 9.52. The van der Waals surface area contributed by atoms with E-state index in [2.05, 4.69) is 4.98 Å². The molecule has 1 aromatic rings. The average Bonchev–Trinajstić information content (AvgIpc) is 2.49. The molecule has 0 aliphatic carbocycles. The van der Waals surface area contributed by atoms with Crippen molar-refractivity contribution in [3.05, 3.63) is 18.2 Å². The molecule has 1 aliphatic rings. The fourth-order valence-corrected chi connectivity index (χ4v) is 1.75. The molecule has 0 N–H and O–H groups in total. The van der Waals surface area contributed by atoms with Gasteiger partial charge in [-0.2, -0.15) is 0 Å². The number of amides is 1. The van der Waals surface area contributed by atoms with Gasteiger partial charge in [0, 0.05) is 31.9 Å². The Hall–Kier alpha value is -1.03. The van der Waals surface area contributed by atoms with Crippen molar-refractivity contribution in [3.63, 3.8) is 0 Å². The standard InChI is InChI=1S/C9H12ClN3O/c1-12-6-11-3-8(12)9(14)13-4-7(2-10)5-13/h3,6-7H,2,4-5H2,1H3. The zero-order valence-electron chi connectivity index (χ0n) is 7.98. The molecule has 1 aliphatic heterocycles. The van der Waals surface area contributed by atoms with Gasteiger partial charge < -0.3 is 9.47 Å². The van der Waals surface area contributed by atoms with Crippen LogP contribution in [0.4, 0.5) is 0 Å². The predicted molar refractivity (Wildman–Crippen MR) is 53.3 cm³/mol. The number of hydrogen-bond donors (Lipinski definition) is 0. The SMILES string of the molecule is Cn1cncc1C(=O)N1CC(CCl)C1. The quantitative estimate of drug-likeness (QED) is 0.680. The Morgan fingerprint density at radius 3 is 2.93 bits per heavy atom. The zero-order valence-corrected chi connectivity index (χ0v) is 8.74. The minimum absolute atomic E-state index is 0.0476. The summed E-state index contributed by atoms with van der Waals surface area (Å²) in [7, 11) is 1.82. The minimum atomic E-state index is 0.0476. The van der Waals surface area contributed by atoms with E-state index in [1.54, 1.807) is 22.0 Å². The van der Waals surface area contributed by atoms with Crippen LogP contribution in [0.1, 0.15) is 10.5 Å². The van der Waals surface area contributed by atoms with Crippen LogP contribution in [-0.2, 0) is 7.05 Å². The fourth-order valence-electron chi connectivity index (χ4n) is 1.56. The molecule has 0 radical (unpaired) electrons. The molecule has 1 fully saturated rings. The maximum Gasteiger partial charge on any atom is 0.272 e. The number of carbonyl (C=O) groups is 1. The highest BCUT2D eigenvalue weighted by Gasteiger charge is 2.31. The van der Waals surface area contributed by atoms with E-state index in [1.807, 2.05) is 7.05 Å². The molecule has 1 saturated heterocycles. The van der Waals surface area contributed by atoms with Crippen molar-refractivity contribution >= 4 is 17.5 Å². The summed E-state index contributed by atoms with van der Waals surface area (Å²) in [4.78, 5) is 17.5. The molecule has 0 unspecified atom stereocenters. The first-order chi connectivity index (χ1) is 6.72. The molecule has 4 nitrogen and oxygen atoms in total. The molecule has 2 rings (SSSR count). The van der Waals surface area contributed by atoms with E-state index < -0.39 is 0 Å². The van der Waals surface area contributed by atoms with E-state index in [-0.39, 0.29) is 5.91 Å². The maximum atomic E-state index is 11.8. The number of carbonyl (C=O) groups excluding carboxylic acids is 1. The van der Waals surface area contributed by atoms with E-state index in [0.717, 1.165) is 13.1 Å². The molecule has 1 aromatic heterocycles. The third-order valence-corrected chi connectivity index (χ3v) is 2.93. The molecule has 76 valence electrons. The van der Waals surface area contributed by atoms with E-state index >= 15 is 0 Å². The van der Waals surface area contributed by atoms with Crippen LogP contribution < -0.4 is 0 Å². The summed E-state index contributed by atoms with van der Waals surface area (Å²) in [6.07, 6.45) is 3.22. The Balaban J connectivity index is 2.01. The Bertz CT molecular complexity index is 344. The van der Waals surface area contributed by atoms with Gasteiger partial charge in [0.1, 0.15) is 5.69 Å². The van der Waals surface area contributed by atoms with Crippen molar-refractivity contribution in [1.82, 2.24) is 14.5 Å². The molecule has 0 spiro atoms. The van der Waals surface area contributed by atoms with Gasteiger partial charge in [0.2, 0.25) is 0 Å². The van der Waals surface area contributed by atoms with Crippen LogP contribution in [0.5, 0.6) is 0 Å². The normalized spacial score (nSPS) is 16.9. The van der Waals surface area contributed by atoms with Gasteiger partial charge in [0.15, 0.2) is 0 Å². The summed E-state index contributed by atoms with van der Waals surface area (Å²) in [6, 6.07) is 0. The van der Waals surface area contributed by atoms with Crippen LogP contribution in [0.2, 0.25) is 0 Å². The van der Waals surface area contributed by atoms with Crippen molar-refractivity contribution in [2.24, 2.45) is 13.0 Å². The number of aryl methyl sites for hydroxylation is 1. The van der Waals surface area contributed by atoms with Crippen molar-refractivity contribution in [1.29, 1.82) is 0 Å². The summed E-state index contributed by atoms with van der Waals surface area (Å²) >= 11 is 5.67. The van der Waals surface area contributed by atoms with Crippen LogP contribution in [0.15, 0.2) is 12.5 Å². The molecule has 0 saturated carbocycles. The highest BCUT2D eigenvalue weighted by molar-refractivity contribution is 6.18. The first-order valence-corrected chi connectivity index (χ1v) is 5.07. The van der Waals surface area contributed by atoms with Gasteiger partial charge in [-0.15, -0.1) is 11.6 Å². The van der Waals surface area contributed by atoms with Crippen LogP contribution in [0.25, 0.3) is 0 Å². The second kappa shape index (κ2) is 3.61. The summed E-state index contributed by atoms with van der Waals surface area (Å²) in [5.74, 6) is 1.15. The van der Waals surface area contributed by atoms with Crippen LogP contribution in [0.3, 0.4) is 0 Å². The van der Waals surface area contributed by atoms with Crippen molar-refractivity contribution < 1.29 is 4.79 Å². The van der Waals surface area contributed by atoms with E-state index in [9.17, 15) is 4.79 Å². The number of imidazole rings is 1. The number of halogens is 1. The molecule has 0 bridgehead atoms. The number of likely N-dealkylation sites (tertiary alicyclic amines) is 1. The minimum Gasteiger partial charge on any atom is -0.337 e. The Kier molecular flexibility index (Phi) is 2.46. The van der Waals surface area contributed by atoms with Crippen LogP contribution in [-0.4, -0.2) is 39.3 Å². The van der Waals surface area contributed by atoms with Gasteiger partial charge in [0.05, 0.1) is 12.5 Å². The van der Waals surface area contributed by atoms with E-state index in [1.165, 1.54) is 0 Å². The molecule has 0 aromatic carbocycles. The lowest BCUT2D eigenvalue weighted by atomic mass is 10.0. The van der Waals surface area contributed by atoms with Crippen molar-refractivity contribution in [2.75, 3.05) is 19.0 Å². The Labute approximate surface area is 87.5 Å². The lowest BCUT2D eigenvalue weighted by molar-refractivity contribution is 0.0525. The van der Waals surface area contributed by atoms with Gasteiger partial charge in [-0.3, -0.25) is 4.79 Å². The summed E-state index contributed by atoms with van der Waals surface area (Å²) in [6.45, 7) is 1.54. The highest BCUT2D eigenvalue weighted by atomic mass is 35.5. The number of alkyl halides is 1. The second-order valence-electron chi connectivity index (χ2n) is 3.62. The predicted octanol–water partition coefficient (Wildman–Crippen LogP) is 0.731. The van der Waals surface area contributed by atoms with Gasteiger partial charge in [-0.05, 0) is 0 Å². The van der Waals surface area contributed by atoms with E-state index in [0.29, 0.717) is 17.5 Å². The van der Waals surface area contributed by atoms with E-state index in [4.69, 9.17) is 11.6 Å². The van der Waals surface area contributed by atoms with Crippen molar-refractivity contribution in [3.8, 4) is 0 Å². The first-order valence-electron chi connectivity index (χ1n) is 4.54.